The Morgan fingerprint density at radius 2 is 2.08 bits per heavy atom. The number of aryl methyl sites for hydroxylation is 2. The monoisotopic (exact) mass is 374 g/mol. The number of carbonyl (C=O) groups is 1. The SMILES string of the molecule is Cc1cc(C(=O)CSc2nnc(C)n2C2CC2)c(C)n1CC1CCCO1. The summed E-state index contributed by atoms with van der Waals surface area (Å²) in [5, 5.41) is 9.31. The molecule has 0 spiro atoms. The van der Waals surface area contributed by atoms with E-state index in [4.69, 9.17) is 4.74 Å². The third kappa shape index (κ3) is 3.47. The molecule has 0 N–H and O–H groups in total. The molecule has 3 heterocycles. The van der Waals surface area contributed by atoms with E-state index in [1.165, 1.54) is 24.6 Å². The van der Waals surface area contributed by atoms with Gasteiger partial charge in [-0.25, -0.2) is 0 Å². The van der Waals surface area contributed by atoms with Gasteiger partial charge in [0.05, 0.1) is 11.9 Å². The van der Waals surface area contributed by atoms with Gasteiger partial charge < -0.3 is 13.9 Å². The quantitative estimate of drug-likeness (QED) is 0.548. The minimum absolute atomic E-state index is 0.157. The Kier molecular flexibility index (Phi) is 4.92. The second-order valence-electron chi connectivity index (χ2n) is 7.37. The third-order valence-corrected chi connectivity index (χ3v) is 6.31. The maximum atomic E-state index is 12.8. The molecule has 0 amide bonds. The zero-order chi connectivity index (χ0) is 18.3. The Balaban J connectivity index is 1.45. The second-order valence-corrected chi connectivity index (χ2v) is 8.32. The molecular weight excluding hydrogens is 348 g/mol. The van der Waals surface area contributed by atoms with Gasteiger partial charge in [0.25, 0.3) is 0 Å². The van der Waals surface area contributed by atoms with E-state index < -0.39 is 0 Å². The van der Waals surface area contributed by atoms with Gasteiger partial charge in [-0.15, -0.1) is 10.2 Å². The van der Waals surface area contributed by atoms with Crippen LogP contribution >= 0.6 is 11.8 Å². The van der Waals surface area contributed by atoms with Crippen molar-refractivity contribution in [3.05, 3.63) is 28.8 Å². The number of carbonyl (C=O) groups excluding carboxylic acids is 1. The largest absolute Gasteiger partial charge is 0.376 e. The van der Waals surface area contributed by atoms with Crippen LogP contribution in [0.3, 0.4) is 0 Å². The molecule has 0 aromatic carbocycles. The first kappa shape index (κ1) is 17.8. The van der Waals surface area contributed by atoms with Gasteiger partial charge >= 0.3 is 0 Å². The van der Waals surface area contributed by atoms with Gasteiger partial charge in [0.15, 0.2) is 10.9 Å². The molecule has 2 aromatic heterocycles. The van der Waals surface area contributed by atoms with E-state index in [9.17, 15) is 4.79 Å². The Labute approximate surface area is 158 Å². The van der Waals surface area contributed by atoms with Gasteiger partial charge in [-0.2, -0.15) is 0 Å². The normalized spacial score (nSPS) is 20.0. The molecule has 0 bridgehead atoms. The number of thioether (sulfide) groups is 1. The first-order valence-corrected chi connectivity index (χ1v) is 10.4. The van der Waals surface area contributed by atoms with E-state index >= 15 is 0 Å². The summed E-state index contributed by atoms with van der Waals surface area (Å²) in [7, 11) is 0. The minimum Gasteiger partial charge on any atom is -0.376 e. The average Bonchev–Trinajstić information content (AvgIpc) is 3.06. The van der Waals surface area contributed by atoms with E-state index in [-0.39, 0.29) is 11.9 Å². The molecule has 1 atom stereocenters. The van der Waals surface area contributed by atoms with Crippen LogP contribution in [0.5, 0.6) is 0 Å². The summed E-state index contributed by atoms with van der Waals surface area (Å²) in [5.74, 6) is 1.50. The number of rotatable bonds is 7. The molecule has 1 saturated heterocycles. The lowest BCUT2D eigenvalue weighted by Crippen LogP contribution is -2.17. The maximum absolute atomic E-state index is 12.8. The highest BCUT2D eigenvalue weighted by atomic mass is 32.2. The first-order valence-electron chi connectivity index (χ1n) is 9.40. The molecule has 2 fully saturated rings. The fourth-order valence-corrected chi connectivity index (χ4v) is 4.70. The van der Waals surface area contributed by atoms with Crippen molar-refractivity contribution < 1.29 is 9.53 Å². The molecule has 1 aliphatic carbocycles. The lowest BCUT2D eigenvalue weighted by atomic mass is 10.2. The minimum atomic E-state index is 0.157. The summed E-state index contributed by atoms with van der Waals surface area (Å²) >= 11 is 1.50. The molecular formula is C19H26N4O2S. The average molecular weight is 375 g/mol. The fraction of sp³-hybridized carbons (Fsp3) is 0.632. The number of hydrogen-bond acceptors (Lipinski definition) is 5. The van der Waals surface area contributed by atoms with E-state index in [0.29, 0.717) is 11.8 Å². The highest BCUT2D eigenvalue weighted by Crippen LogP contribution is 2.38. The van der Waals surface area contributed by atoms with E-state index in [2.05, 4.69) is 26.3 Å². The van der Waals surface area contributed by atoms with Crippen LogP contribution < -0.4 is 0 Å². The maximum Gasteiger partial charge on any atom is 0.191 e. The van der Waals surface area contributed by atoms with Crippen molar-refractivity contribution in [3.63, 3.8) is 0 Å². The summed E-state index contributed by atoms with van der Waals surface area (Å²) < 4.78 is 10.2. The predicted molar refractivity (Wildman–Crippen MR) is 101 cm³/mol. The number of aromatic nitrogens is 4. The Hall–Kier alpha value is -1.60. The van der Waals surface area contributed by atoms with Crippen molar-refractivity contribution >= 4 is 17.5 Å². The van der Waals surface area contributed by atoms with Crippen LogP contribution in [0.1, 0.15) is 59.3 Å². The standard InChI is InChI=1S/C19H26N4O2S/c1-12-9-17(13(2)22(12)10-16-5-4-8-25-16)18(24)11-26-19-21-20-14(3)23(19)15-6-7-15/h9,15-16H,4-8,10-11H2,1-3H3. The van der Waals surface area contributed by atoms with E-state index in [1.807, 2.05) is 19.9 Å². The number of Topliss-reactive ketones (excluding diaryl/α,β-unsaturated/α-hetero) is 1. The molecule has 1 aliphatic heterocycles. The summed E-state index contributed by atoms with van der Waals surface area (Å²) in [4.78, 5) is 12.8. The highest BCUT2D eigenvalue weighted by Gasteiger charge is 2.29. The van der Waals surface area contributed by atoms with E-state index in [0.717, 1.165) is 53.9 Å². The van der Waals surface area contributed by atoms with Crippen LogP contribution in [0.15, 0.2) is 11.2 Å². The van der Waals surface area contributed by atoms with Crippen LogP contribution in [0.25, 0.3) is 0 Å². The fourth-order valence-electron chi connectivity index (χ4n) is 3.77. The van der Waals surface area contributed by atoms with Crippen LogP contribution in [0.2, 0.25) is 0 Å². The molecule has 140 valence electrons. The summed E-state index contributed by atoms with van der Waals surface area (Å²) in [6, 6.07) is 2.54. The molecule has 2 aliphatic rings. The van der Waals surface area contributed by atoms with E-state index in [1.54, 1.807) is 0 Å². The summed E-state index contributed by atoms with van der Waals surface area (Å²) in [6.07, 6.45) is 4.88. The predicted octanol–water partition coefficient (Wildman–Crippen LogP) is 3.49. The van der Waals surface area contributed by atoms with Gasteiger partial charge in [-0.3, -0.25) is 4.79 Å². The second kappa shape index (κ2) is 7.19. The Morgan fingerprint density at radius 1 is 1.27 bits per heavy atom. The van der Waals surface area contributed by atoms with Crippen molar-refractivity contribution in [2.75, 3.05) is 12.4 Å². The lowest BCUT2D eigenvalue weighted by Gasteiger charge is -2.14. The zero-order valence-electron chi connectivity index (χ0n) is 15.7. The summed E-state index contributed by atoms with van der Waals surface area (Å²) in [5.41, 5.74) is 2.99. The molecule has 7 heteroatoms. The summed E-state index contributed by atoms with van der Waals surface area (Å²) in [6.45, 7) is 7.78. The molecule has 0 radical (unpaired) electrons. The topological polar surface area (TPSA) is 61.9 Å². The van der Waals surface area contributed by atoms with Crippen LogP contribution in [-0.2, 0) is 11.3 Å². The Morgan fingerprint density at radius 3 is 2.77 bits per heavy atom. The van der Waals surface area contributed by atoms with Crippen LogP contribution in [0.4, 0.5) is 0 Å². The van der Waals surface area contributed by atoms with Crippen LogP contribution in [-0.4, -0.2) is 43.6 Å². The lowest BCUT2D eigenvalue weighted by molar-refractivity contribution is 0.0957. The number of ketones is 1. The number of hydrogen-bond donors (Lipinski definition) is 0. The Bertz CT molecular complexity index is 816. The zero-order valence-corrected chi connectivity index (χ0v) is 16.5. The highest BCUT2D eigenvalue weighted by molar-refractivity contribution is 7.99. The van der Waals surface area contributed by atoms with Crippen molar-refractivity contribution in [1.82, 2.24) is 19.3 Å². The van der Waals surface area contributed by atoms with Gasteiger partial charge in [0, 0.05) is 36.1 Å². The molecule has 26 heavy (non-hydrogen) atoms. The number of nitrogens with zero attached hydrogens (tertiary/aromatic N) is 4. The van der Waals surface area contributed by atoms with Gasteiger partial charge in [-0.1, -0.05) is 11.8 Å². The third-order valence-electron chi connectivity index (χ3n) is 5.36. The smallest absolute Gasteiger partial charge is 0.191 e. The van der Waals surface area contributed by atoms with Crippen molar-refractivity contribution in [3.8, 4) is 0 Å². The number of ether oxygens (including phenoxy) is 1. The van der Waals surface area contributed by atoms with Crippen molar-refractivity contribution in [1.29, 1.82) is 0 Å². The molecule has 2 aromatic rings. The van der Waals surface area contributed by atoms with Gasteiger partial charge in [0.1, 0.15) is 5.82 Å². The van der Waals surface area contributed by atoms with Gasteiger partial charge in [-0.05, 0) is 52.5 Å². The molecule has 4 rings (SSSR count). The molecule has 1 unspecified atom stereocenters. The van der Waals surface area contributed by atoms with Crippen LogP contribution in [0, 0.1) is 20.8 Å². The van der Waals surface area contributed by atoms with Crippen molar-refractivity contribution in [2.45, 2.75) is 70.3 Å². The van der Waals surface area contributed by atoms with Crippen molar-refractivity contribution in [2.24, 2.45) is 0 Å². The van der Waals surface area contributed by atoms with Gasteiger partial charge in [0.2, 0.25) is 0 Å². The molecule has 6 nitrogen and oxygen atoms in total. The first-order chi connectivity index (χ1) is 12.5. The molecule has 1 saturated carbocycles.